The van der Waals surface area contributed by atoms with Gasteiger partial charge in [0.1, 0.15) is 5.82 Å². The molecule has 1 saturated heterocycles. The maximum Gasteiger partial charge on any atom is 0.253 e. The average molecular weight is 354 g/mol. The van der Waals surface area contributed by atoms with Crippen molar-refractivity contribution in [3.63, 3.8) is 0 Å². The minimum Gasteiger partial charge on any atom is -0.345 e. The Morgan fingerprint density at radius 2 is 2.15 bits per heavy atom. The van der Waals surface area contributed by atoms with Gasteiger partial charge in [0.05, 0.1) is 0 Å². The van der Waals surface area contributed by atoms with Gasteiger partial charge in [0.25, 0.3) is 5.91 Å². The number of aromatic nitrogens is 2. The third-order valence-corrected chi connectivity index (χ3v) is 4.77. The Hall–Kier alpha value is -2.63. The second-order valence-electron chi connectivity index (χ2n) is 7.95. The summed E-state index contributed by atoms with van der Waals surface area (Å²) in [5, 5.41) is 0. The monoisotopic (exact) mass is 354 g/mol. The van der Waals surface area contributed by atoms with E-state index in [1.54, 1.807) is 24.3 Å². The molecule has 138 valence electrons. The van der Waals surface area contributed by atoms with E-state index < -0.39 is 0 Å². The number of likely N-dealkylation sites (tertiary alicyclic amines) is 1. The third kappa shape index (κ3) is 3.79. The predicted octanol–water partition coefficient (Wildman–Crippen LogP) is 2.80. The zero-order valence-corrected chi connectivity index (χ0v) is 15.8. The summed E-state index contributed by atoms with van der Waals surface area (Å²) in [6, 6.07) is 7.44. The van der Waals surface area contributed by atoms with Crippen LogP contribution >= 0.6 is 0 Å². The highest BCUT2D eigenvalue weighted by molar-refractivity contribution is 5.95. The van der Waals surface area contributed by atoms with Gasteiger partial charge in [0.15, 0.2) is 0 Å². The van der Waals surface area contributed by atoms with E-state index in [2.05, 4.69) is 9.97 Å². The van der Waals surface area contributed by atoms with Crippen molar-refractivity contribution in [1.82, 2.24) is 19.8 Å². The van der Waals surface area contributed by atoms with Gasteiger partial charge in [-0.3, -0.25) is 9.59 Å². The van der Waals surface area contributed by atoms with Crippen molar-refractivity contribution < 1.29 is 9.59 Å². The van der Waals surface area contributed by atoms with E-state index in [4.69, 9.17) is 0 Å². The molecule has 1 aromatic heterocycles. The normalized spacial score (nSPS) is 17.6. The Labute approximate surface area is 154 Å². The number of carbonyl (C=O) groups is 2. The van der Waals surface area contributed by atoms with Gasteiger partial charge < -0.3 is 14.8 Å². The number of aromatic amines is 1. The zero-order chi connectivity index (χ0) is 18.9. The molecule has 1 unspecified atom stereocenters. The van der Waals surface area contributed by atoms with Crippen molar-refractivity contribution in [3.8, 4) is 11.4 Å². The van der Waals surface area contributed by atoms with E-state index in [9.17, 15) is 9.59 Å². The molecule has 2 aromatic rings. The highest BCUT2D eigenvalue weighted by Gasteiger charge is 2.36. The quantitative estimate of drug-likeness (QED) is 0.918. The molecule has 1 aliphatic rings. The van der Waals surface area contributed by atoms with Crippen LogP contribution in [-0.2, 0) is 4.79 Å². The van der Waals surface area contributed by atoms with Crippen LogP contribution < -0.4 is 0 Å². The van der Waals surface area contributed by atoms with Gasteiger partial charge >= 0.3 is 0 Å². The van der Waals surface area contributed by atoms with E-state index in [0.29, 0.717) is 25.1 Å². The van der Waals surface area contributed by atoms with Gasteiger partial charge in [-0.1, -0.05) is 12.1 Å². The maximum atomic E-state index is 12.8. The van der Waals surface area contributed by atoms with Crippen molar-refractivity contribution in [2.24, 2.45) is 5.92 Å². The fourth-order valence-corrected chi connectivity index (χ4v) is 3.47. The van der Waals surface area contributed by atoms with Crippen molar-refractivity contribution in [3.05, 3.63) is 42.2 Å². The van der Waals surface area contributed by atoms with Crippen molar-refractivity contribution in [2.45, 2.75) is 32.7 Å². The fraction of sp³-hybridized carbons (Fsp3) is 0.450. The fourth-order valence-electron chi connectivity index (χ4n) is 3.47. The Kier molecular flexibility index (Phi) is 4.85. The molecule has 6 nitrogen and oxygen atoms in total. The summed E-state index contributed by atoms with van der Waals surface area (Å²) in [5.41, 5.74) is 1.33. The number of rotatable bonds is 4. The van der Waals surface area contributed by atoms with Crippen molar-refractivity contribution in [1.29, 1.82) is 0 Å². The number of nitrogens with one attached hydrogen (secondary N) is 1. The van der Waals surface area contributed by atoms with Gasteiger partial charge in [0, 0.05) is 61.5 Å². The van der Waals surface area contributed by atoms with Crippen molar-refractivity contribution >= 4 is 11.8 Å². The number of carbonyl (C=O) groups excluding carboxylic acids is 2. The largest absolute Gasteiger partial charge is 0.345 e. The lowest BCUT2D eigenvalue weighted by atomic mass is 10.1. The molecule has 0 aliphatic carbocycles. The Morgan fingerprint density at radius 3 is 2.77 bits per heavy atom. The lowest BCUT2D eigenvalue weighted by molar-refractivity contribution is -0.131. The van der Waals surface area contributed by atoms with Crippen LogP contribution in [0.5, 0.6) is 0 Å². The van der Waals surface area contributed by atoms with E-state index in [0.717, 1.165) is 11.4 Å². The molecule has 1 atom stereocenters. The summed E-state index contributed by atoms with van der Waals surface area (Å²) >= 11 is 0. The second kappa shape index (κ2) is 6.94. The van der Waals surface area contributed by atoms with Crippen LogP contribution in [0.15, 0.2) is 36.7 Å². The first-order valence-corrected chi connectivity index (χ1v) is 8.91. The number of benzene rings is 1. The molecular weight excluding hydrogens is 328 g/mol. The summed E-state index contributed by atoms with van der Waals surface area (Å²) in [4.78, 5) is 36.0. The Balaban J connectivity index is 1.67. The van der Waals surface area contributed by atoms with E-state index in [-0.39, 0.29) is 23.3 Å². The minimum atomic E-state index is -0.175. The Bertz CT molecular complexity index is 792. The number of H-pyrrole nitrogens is 1. The van der Waals surface area contributed by atoms with Crippen LogP contribution in [0.2, 0.25) is 0 Å². The standard InChI is InChI=1S/C20H26N4O2/c1-20(2,3)24-13-14(10-17(24)25)12-23(4)19(26)16-7-5-6-15(11-16)18-21-8-9-22-18/h5-9,11,14H,10,12-13H2,1-4H3,(H,21,22). The number of hydrogen-bond acceptors (Lipinski definition) is 3. The topological polar surface area (TPSA) is 69.3 Å². The molecule has 2 heterocycles. The highest BCUT2D eigenvalue weighted by Crippen LogP contribution is 2.26. The Morgan fingerprint density at radius 1 is 1.38 bits per heavy atom. The number of nitrogens with zero attached hydrogens (tertiary/aromatic N) is 3. The van der Waals surface area contributed by atoms with E-state index in [1.165, 1.54) is 0 Å². The third-order valence-electron chi connectivity index (χ3n) is 4.77. The van der Waals surface area contributed by atoms with Crippen LogP contribution in [0.4, 0.5) is 0 Å². The molecule has 26 heavy (non-hydrogen) atoms. The zero-order valence-electron chi connectivity index (χ0n) is 15.8. The maximum absolute atomic E-state index is 12.8. The molecule has 0 bridgehead atoms. The number of amides is 2. The SMILES string of the molecule is CN(CC1CC(=O)N(C(C)(C)C)C1)C(=O)c1cccc(-c2ncc[nH]2)c1. The summed E-state index contributed by atoms with van der Waals surface area (Å²) in [6.07, 6.45) is 3.95. The molecular formula is C20H26N4O2. The molecule has 1 aromatic carbocycles. The smallest absolute Gasteiger partial charge is 0.253 e. The summed E-state index contributed by atoms with van der Waals surface area (Å²) in [7, 11) is 1.80. The molecule has 3 rings (SSSR count). The molecule has 0 radical (unpaired) electrons. The minimum absolute atomic E-state index is 0.0416. The molecule has 1 aliphatic heterocycles. The van der Waals surface area contributed by atoms with Gasteiger partial charge in [0.2, 0.25) is 5.91 Å². The van der Waals surface area contributed by atoms with Gasteiger partial charge in [-0.15, -0.1) is 0 Å². The van der Waals surface area contributed by atoms with Crippen LogP contribution in [0.1, 0.15) is 37.6 Å². The number of hydrogen-bond donors (Lipinski definition) is 1. The molecule has 6 heteroatoms. The van der Waals surface area contributed by atoms with Crippen LogP contribution in [0.25, 0.3) is 11.4 Å². The number of imidazole rings is 1. The second-order valence-corrected chi connectivity index (χ2v) is 7.95. The van der Waals surface area contributed by atoms with Crippen molar-refractivity contribution in [2.75, 3.05) is 20.1 Å². The van der Waals surface area contributed by atoms with E-state index in [1.807, 2.05) is 49.9 Å². The molecule has 0 saturated carbocycles. The average Bonchev–Trinajstić information content (AvgIpc) is 3.23. The lowest BCUT2D eigenvalue weighted by Crippen LogP contribution is -2.43. The highest BCUT2D eigenvalue weighted by atomic mass is 16.2. The molecule has 1 N–H and O–H groups in total. The first kappa shape index (κ1) is 18.2. The van der Waals surface area contributed by atoms with Gasteiger partial charge in [-0.05, 0) is 32.9 Å². The van der Waals surface area contributed by atoms with Gasteiger partial charge in [-0.25, -0.2) is 4.98 Å². The van der Waals surface area contributed by atoms with Gasteiger partial charge in [-0.2, -0.15) is 0 Å². The molecule has 2 amide bonds. The van der Waals surface area contributed by atoms with Crippen LogP contribution in [0, 0.1) is 5.92 Å². The van der Waals surface area contributed by atoms with Crippen LogP contribution in [-0.4, -0.2) is 57.3 Å². The molecule has 0 spiro atoms. The lowest BCUT2D eigenvalue weighted by Gasteiger charge is -2.32. The summed E-state index contributed by atoms with van der Waals surface area (Å²) in [5.74, 6) is 1.04. The molecule has 1 fully saturated rings. The summed E-state index contributed by atoms with van der Waals surface area (Å²) in [6.45, 7) is 7.40. The predicted molar refractivity (Wildman–Crippen MR) is 101 cm³/mol. The first-order chi connectivity index (χ1) is 12.3. The summed E-state index contributed by atoms with van der Waals surface area (Å²) < 4.78 is 0. The van der Waals surface area contributed by atoms with E-state index >= 15 is 0 Å². The van der Waals surface area contributed by atoms with Crippen LogP contribution in [0.3, 0.4) is 0 Å². The first-order valence-electron chi connectivity index (χ1n) is 8.91.